The van der Waals surface area contributed by atoms with E-state index in [9.17, 15) is 13.2 Å². The van der Waals surface area contributed by atoms with Crippen molar-refractivity contribution < 1.29 is 22.5 Å². The van der Waals surface area contributed by atoms with Gasteiger partial charge in [0.15, 0.2) is 10.7 Å². The van der Waals surface area contributed by atoms with Crippen molar-refractivity contribution in [2.24, 2.45) is 5.92 Å². The highest BCUT2D eigenvalue weighted by atomic mass is 32.2. The Balaban J connectivity index is 1.50. The molecule has 3 heterocycles. The molecule has 0 bridgehead atoms. The van der Waals surface area contributed by atoms with Crippen LogP contribution >= 0.6 is 0 Å². The van der Waals surface area contributed by atoms with Gasteiger partial charge >= 0.3 is 0 Å². The molecule has 2 saturated heterocycles. The van der Waals surface area contributed by atoms with Gasteiger partial charge in [-0.2, -0.15) is 4.31 Å². The van der Waals surface area contributed by atoms with E-state index in [-0.39, 0.29) is 22.5 Å². The molecule has 1 aromatic heterocycles. The number of methoxy groups -OCH3 is 1. The molecule has 0 N–H and O–H groups in total. The number of carbonyl (C=O) groups is 1. The van der Waals surface area contributed by atoms with Crippen molar-refractivity contribution in [3.8, 4) is 5.75 Å². The SMILES string of the molecule is COc1ccccc1/C=C/c1onc(C)c1S(=O)(=O)N1CCC(C(=O)N2CCCC2)CC1. The highest BCUT2D eigenvalue weighted by Crippen LogP contribution is 2.30. The molecule has 2 aliphatic heterocycles. The number of sulfonamides is 1. The molecule has 0 radical (unpaired) electrons. The maximum absolute atomic E-state index is 13.4. The Morgan fingerprint density at radius 1 is 1.12 bits per heavy atom. The fourth-order valence-electron chi connectivity index (χ4n) is 4.44. The van der Waals surface area contributed by atoms with Crippen molar-refractivity contribution in [2.45, 2.75) is 37.5 Å². The number of benzene rings is 1. The molecule has 0 spiro atoms. The Morgan fingerprint density at radius 2 is 1.81 bits per heavy atom. The molecule has 4 rings (SSSR count). The Labute approximate surface area is 188 Å². The van der Waals surface area contributed by atoms with Gasteiger partial charge in [-0.3, -0.25) is 4.79 Å². The number of nitrogens with zero attached hydrogens (tertiary/aromatic N) is 3. The first-order valence-electron chi connectivity index (χ1n) is 11.0. The number of carbonyl (C=O) groups excluding carboxylic acids is 1. The summed E-state index contributed by atoms with van der Waals surface area (Å²) in [5.74, 6) is 0.923. The summed E-state index contributed by atoms with van der Waals surface area (Å²) in [6, 6.07) is 7.44. The molecule has 0 saturated carbocycles. The molecular weight excluding hydrogens is 430 g/mol. The van der Waals surface area contributed by atoms with E-state index in [2.05, 4.69) is 5.16 Å². The predicted octanol–water partition coefficient (Wildman–Crippen LogP) is 3.19. The van der Waals surface area contributed by atoms with E-state index >= 15 is 0 Å². The smallest absolute Gasteiger partial charge is 0.248 e. The molecule has 172 valence electrons. The first kappa shape index (κ1) is 22.5. The summed E-state index contributed by atoms with van der Waals surface area (Å²) in [5, 5.41) is 3.90. The number of aromatic nitrogens is 1. The lowest BCUT2D eigenvalue weighted by molar-refractivity contribution is -0.135. The molecule has 8 nitrogen and oxygen atoms in total. The topological polar surface area (TPSA) is 93.0 Å². The van der Waals surface area contributed by atoms with Gasteiger partial charge in [0.1, 0.15) is 11.4 Å². The second-order valence-corrected chi connectivity index (χ2v) is 10.1. The molecule has 1 aromatic carbocycles. The molecule has 0 aliphatic carbocycles. The van der Waals surface area contributed by atoms with E-state index < -0.39 is 10.0 Å². The normalized spacial score (nSPS) is 18.5. The lowest BCUT2D eigenvalue weighted by Gasteiger charge is -2.32. The summed E-state index contributed by atoms with van der Waals surface area (Å²) in [6.45, 7) is 3.89. The fourth-order valence-corrected chi connectivity index (χ4v) is 6.16. The van der Waals surface area contributed by atoms with E-state index in [0.717, 1.165) is 31.5 Å². The minimum atomic E-state index is -3.80. The summed E-state index contributed by atoms with van der Waals surface area (Å²) in [5.41, 5.74) is 1.12. The van der Waals surface area contributed by atoms with Gasteiger partial charge in [-0.15, -0.1) is 0 Å². The van der Waals surface area contributed by atoms with Gasteiger partial charge in [0.2, 0.25) is 15.9 Å². The van der Waals surface area contributed by atoms with Crippen molar-refractivity contribution in [1.82, 2.24) is 14.4 Å². The number of hydrogen-bond donors (Lipinski definition) is 0. The average Bonchev–Trinajstić information content (AvgIpc) is 3.47. The zero-order valence-corrected chi connectivity index (χ0v) is 19.3. The van der Waals surface area contributed by atoms with Gasteiger partial charge in [-0.05, 0) is 50.8 Å². The van der Waals surface area contributed by atoms with Crippen LogP contribution in [0.5, 0.6) is 5.75 Å². The van der Waals surface area contributed by atoms with Crippen LogP contribution in [0.25, 0.3) is 12.2 Å². The number of aryl methyl sites for hydroxylation is 1. The summed E-state index contributed by atoms with van der Waals surface area (Å²) in [6.07, 6.45) is 6.53. The van der Waals surface area contributed by atoms with Crippen molar-refractivity contribution in [1.29, 1.82) is 0 Å². The maximum atomic E-state index is 13.4. The van der Waals surface area contributed by atoms with Crippen LogP contribution in [0.2, 0.25) is 0 Å². The third-order valence-electron chi connectivity index (χ3n) is 6.21. The molecule has 2 aromatic rings. The third-order valence-corrected chi connectivity index (χ3v) is 8.26. The number of para-hydroxylation sites is 1. The van der Waals surface area contributed by atoms with Crippen LogP contribution in [0.15, 0.2) is 33.7 Å². The Morgan fingerprint density at radius 3 is 2.50 bits per heavy atom. The lowest BCUT2D eigenvalue weighted by Crippen LogP contribution is -2.43. The summed E-state index contributed by atoms with van der Waals surface area (Å²) in [4.78, 5) is 14.7. The largest absolute Gasteiger partial charge is 0.496 e. The van der Waals surface area contributed by atoms with Crippen molar-refractivity contribution >= 4 is 28.1 Å². The number of rotatable bonds is 6. The van der Waals surface area contributed by atoms with E-state index in [0.29, 0.717) is 37.4 Å². The van der Waals surface area contributed by atoms with Crippen LogP contribution in [0.4, 0.5) is 0 Å². The van der Waals surface area contributed by atoms with Crippen LogP contribution in [-0.2, 0) is 14.8 Å². The molecule has 2 fully saturated rings. The quantitative estimate of drug-likeness (QED) is 0.659. The fraction of sp³-hybridized carbons (Fsp3) is 0.478. The third kappa shape index (κ3) is 4.45. The van der Waals surface area contributed by atoms with Crippen LogP contribution in [0, 0.1) is 12.8 Å². The van der Waals surface area contributed by atoms with Gasteiger partial charge in [-0.1, -0.05) is 23.4 Å². The number of hydrogen-bond acceptors (Lipinski definition) is 6. The molecule has 32 heavy (non-hydrogen) atoms. The van der Waals surface area contributed by atoms with Gasteiger partial charge in [-0.25, -0.2) is 8.42 Å². The highest BCUT2D eigenvalue weighted by molar-refractivity contribution is 7.89. The Kier molecular flexibility index (Phi) is 6.66. The first-order chi connectivity index (χ1) is 15.4. The molecule has 2 aliphatic rings. The standard InChI is InChI=1S/C23H29N3O5S/c1-17-22(21(31-24-17)10-9-18-7-3-4-8-20(18)30-2)32(28,29)26-15-11-19(12-16-26)23(27)25-13-5-6-14-25/h3-4,7-10,19H,5-6,11-16H2,1-2H3/b10-9+. The lowest BCUT2D eigenvalue weighted by atomic mass is 9.97. The molecule has 0 atom stereocenters. The second-order valence-electron chi connectivity index (χ2n) is 8.25. The highest BCUT2D eigenvalue weighted by Gasteiger charge is 2.37. The average molecular weight is 460 g/mol. The maximum Gasteiger partial charge on any atom is 0.248 e. The summed E-state index contributed by atoms with van der Waals surface area (Å²) >= 11 is 0. The Bertz CT molecular complexity index is 1090. The number of ether oxygens (including phenoxy) is 1. The molecule has 1 amide bonds. The van der Waals surface area contributed by atoms with E-state index in [1.165, 1.54) is 4.31 Å². The van der Waals surface area contributed by atoms with Crippen LogP contribution in [0.3, 0.4) is 0 Å². The second kappa shape index (κ2) is 9.46. The van der Waals surface area contributed by atoms with Crippen molar-refractivity contribution in [3.05, 3.63) is 41.3 Å². The van der Waals surface area contributed by atoms with Gasteiger partial charge in [0, 0.05) is 37.7 Å². The van der Waals surface area contributed by atoms with Gasteiger partial charge < -0.3 is 14.2 Å². The zero-order chi connectivity index (χ0) is 22.7. The first-order valence-corrected chi connectivity index (χ1v) is 12.4. The van der Waals surface area contributed by atoms with Crippen molar-refractivity contribution in [2.75, 3.05) is 33.3 Å². The van der Waals surface area contributed by atoms with E-state index in [4.69, 9.17) is 9.26 Å². The minimum absolute atomic E-state index is 0.0768. The molecule has 0 unspecified atom stereocenters. The Hall–Kier alpha value is -2.65. The van der Waals surface area contributed by atoms with E-state index in [1.54, 1.807) is 26.2 Å². The van der Waals surface area contributed by atoms with Crippen LogP contribution < -0.4 is 4.74 Å². The molecule has 9 heteroatoms. The van der Waals surface area contributed by atoms with E-state index in [1.807, 2.05) is 29.2 Å². The molecular formula is C23H29N3O5S. The van der Waals surface area contributed by atoms with Crippen molar-refractivity contribution in [3.63, 3.8) is 0 Å². The summed E-state index contributed by atoms with van der Waals surface area (Å²) < 4.78 is 39.0. The number of piperidine rings is 1. The zero-order valence-electron chi connectivity index (χ0n) is 18.5. The van der Waals surface area contributed by atoms with Gasteiger partial charge in [0.25, 0.3) is 0 Å². The number of amides is 1. The minimum Gasteiger partial charge on any atom is -0.496 e. The summed E-state index contributed by atoms with van der Waals surface area (Å²) in [7, 11) is -2.22. The van der Waals surface area contributed by atoms with Crippen LogP contribution in [0.1, 0.15) is 42.7 Å². The van der Waals surface area contributed by atoms with Crippen LogP contribution in [-0.4, -0.2) is 62.0 Å². The predicted molar refractivity (Wildman–Crippen MR) is 120 cm³/mol. The number of likely N-dealkylation sites (tertiary alicyclic amines) is 1. The monoisotopic (exact) mass is 459 g/mol. The van der Waals surface area contributed by atoms with Gasteiger partial charge in [0.05, 0.1) is 7.11 Å².